The second-order valence-corrected chi connectivity index (χ2v) is 3.38. The molecule has 0 unspecified atom stereocenters. The fraction of sp³-hybridized carbons (Fsp3) is 0.300. The van der Waals surface area contributed by atoms with Gasteiger partial charge in [0.25, 0.3) is 0 Å². The van der Waals surface area contributed by atoms with Gasteiger partial charge in [0.2, 0.25) is 0 Å². The van der Waals surface area contributed by atoms with Gasteiger partial charge in [0.15, 0.2) is 11.2 Å². The van der Waals surface area contributed by atoms with Crippen molar-refractivity contribution in [2.45, 2.75) is 20.3 Å². The van der Waals surface area contributed by atoms with Gasteiger partial charge in [0, 0.05) is 12.2 Å². The number of benzene rings is 1. The molecule has 0 aliphatic heterocycles. The largest absolute Gasteiger partial charge is 0.413 e. The van der Waals surface area contributed by atoms with Crippen molar-refractivity contribution in [1.82, 2.24) is 0 Å². The summed E-state index contributed by atoms with van der Waals surface area (Å²) in [6.45, 7) is 4.10. The van der Waals surface area contributed by atoms with Crippen LogP contribution in [0, 0.1) is 11.8 Å². The Hall–Kier alpha value is -1.09. The van der Waals surface area contributed by atoms with Gasteiger partial charge in [-0.15, -0.1) is 0 Å². The summed E-state index contributed by atoms with van der Waals surface area (Å²) in [6, 6.07) is 4.07. The van der Waals surface area contributed by atoms with Crippen LogP contribution in [0.5, 0.6) is 0 Å². The first-order chi connectivity index (χ1) is 6.20. The quantitative estimate of drug-likeness (QED) is 0.648. The van der Waals surface area contributed by atoms with E-state index in [9.17, 15) is 0 Å². The van der Waals surface area contributed by atoms with Crippen LogP contribution in [0.4, 0.5) is 0 Å². The van der Waals surface area contributed by atoms with E-state index in [0.29, 0.717) is 0 Å². The van der Waals surface area contributed by atoms with Crippen LogP contribution < -0.4 is 0 Å². The first-order valence-electron chi connectivity index (χ1n) is 4.24. The lowest BCUT2D eigenvalue weighted by atomic mass is 10.1. The van der Waals surface area contributed by atoms with Crippen LogP contribution in [-0.2, 0) is 6.42 Å². The van der Waals surface area contributed by atoms with Gasteiger partial charge in [-0.05, 0) is 30.5 Å². The van der Waals surface area contributed by atoms with Crippen LogP contribution >= 0.6 is 12.2 Å². The number of aryl methyl sites for hydroxylation is 2. The van der Waals surface area contributed by atoms with Crippen molar-refractivity contribution in [2.75, 3.05) is 0 Å². The third-order valence-electron chi connectivity index (χ3n) is 2.09. The number of fused-ring (bicyclic) bond motifs is 1. The number of rotatable bonds is 1. The van der Waals surface area contributed by atoms with Crippen LogP contribution in [0.3, 0.4) is 0 Å². The zero-order valence-electron chi connectivity index (χ0n) is 7.59. The van der Waals surface area contributed by atoms with Crippen molar-refractivity contribution in [3.05, 3.63) is 28.2 Å². The third kappa shape index (κ3) is 1.40. The highest BCUT2D eigenvalue weighted by molar-refractivity contribution is 7.71. The topological polar surface area (TPSA) is 26.3 Å². The van der Waals surface area contributed by atoms with Gasteiger partial charge in [-0.2, -0.15) is 0 Å². The Morgan fingerprint density at radius 1 is 1.31 bits per heavy atom. The fourth-order valence-electron chi connectivity index (χ4n) is 1.42. The van der Waals surface area contributed by atoms with E-state index in [1.54, 1.807) is 0 Å². The average molecular weight is 194 g/mol. The van der Waals surface area contributed by atoms with E-state index in [0.717, 1.165) is 23.2 Å². The smallest absolute Gasteiger partial charge is 0.363 e. The van der Waals surface area contributed by atoms with Gasteiger partial charge >= 0.3 is 4.90 Å². The predicted octanol–water partition coefficient (Wildman–Crippen LogP) is 3.63. The molecule has 3 heteroatoms. The Morgan fingerprint density at radius 2 is 2.08 bits per heavy atom. The minimum Gasteiger partial charge on any atom is -0.413 e. The predicted molar refractivity (Wildman–Crippen MR) is 53.4 cm³/mol. The summed E-state index contributed by atoms with van der Waals surface area (Å²) in [6.07, 6.45) is 0.990. The van der Waals surface area contributed by atoms with Gasteiger partial charge in [-0.25, -0.2) is 0 Å². The van der Waals surface area contributed by atoms with E-state index < -0.39 is 0 Å². The molecule has 0 amide bonds. The summed E-state index contributed by atoms with van der Waals surface area (Å²) < 4.78 is 10.5. The molecule has 0 fully saturated rings. The standard InChI is InChI=1S/C10H10O2S/c1-3-7-4-6(2)9-8(5-7)11-10(13)12-9/h4-5H,3H2,1-2H3. The monoisotopic (exact) mass is 194 g/mol. The molecule has 1 aromatic carbocycles. The molecule has 0 spiro atoms. The zero-order valence-corrected chi connectivity index (χ0v) is 8.40. The lowest BCUT2D eigenvalue weighted by Crippen LogP contribution is -1.81. The van der Waals surface area contributed by atoms with Crippen molar-refractivity contribution in [3.8, 4) is 0 Å². The summed E-state index contributed by atoms with van der Waals surface area (Å²) in [5.41, 5.74) is 3.84. The van der Waals surface area contributed by atoms with Crippen LogP contribution in [0.25, 0.3) is 11.2 Å². The van der Waals surface area contributed by atoms with E-state index in [4.69, 9.17) is 21.1 Å². The van der Waals surface area contributed by atoms with Crippen molar-refractivity contribution < 1.29 is 8.83 Å². The molecule has 0 bridgehead atoms. The SMILES string of the molecule is CCc1cc(C)c2oc(=S)oc2c1. The Labute approximate surface area is 81.2 Å². The molecule has 0 radical (unpaired) electrons. The summed E-state index contributed by atoms with van der Waals surface area (Å²) in [5.74, 6) is 0. The minimum absolute atomic E-state index is 0.200. The maximum Gasteiger partial charge on any atom is 0.363 e. The zero-order chi connectivity index (χ0) is 9.42. The molecule has 2 aromatic rings. The molecule has 0 saturated heterocycles. The highest BCUT2D eigenvalue weighted by Gasteiger charge is 2.05. The first-order valence-corrected chi connectivity index (χ1v) is 4.64. The Balaban J connectivity index is 2.83. The molecule has 0 N–H and O–H groups in total. The third-order valence-corrected chi connectivity index (χ3v) is 2.25. The molecule has 0 atom stereocenters. The average Bonchev–Trinajstić information content (AvgIpc) is 2.46. The molecular weight excluding hydrogens is 184 g/mol. The van der Waals surface area contributed by atoms with Gasteiger partial charge in [-0.3, -0.25) is 0 Å². The molecule has 1 aromatic heterocycles. The number of hydrogen-bond donors (Lipinski definition) is 0. The fourth-order valence-corrected chi connectivity index (χ4v) is 1.59. The molecule has 0 aliphatic rings. The van der Waals surface area contributed by atoms with E-state index >= 15 is 0 Å². The van der Waals surface area contributed by atoms with Crippen molar-refractivity contribution in [2.24, 2.45) is 0 Å². The van der Waals surface area contributed by atoms with Crippen molar-refractivity contribution >= 4 is 23.4 Å². The summed E-state index contributed by atoms with van der Waals surface area (Å²) >= 11 is 4.82. The van der Waals surface area contributed by atoms with E-state index in [2.05, 4.69) is 13.0 Å². The van der Waals surface area contributed by atoms with E-state index in [1.807, 2.05) is 13.0 Å². The molecule has 13 heavy (non-hydrogen) atoms. The molecule has 1 heterocycles. The maximum atomic E-state index is 5.25. The highest BCUT2D eigenvalue weighted by Crippen LogP contribution is 2.22. The Bertz CT molecular complexity index is 493. The van der Waals surface area contributed by atoms with Crippen LogP contribution in [-0.4, -0.2) is 0 Å². The minimum atomic E-state index is 0.200. The summed E-state index contributed by atoms with van der Waals surface area (Å²) in [5, 5.41) is 0. The van der Waals surface area contributed by atoms with Crippen molar-refractivity contribution in [1.29, 1.82) is 0 Å². The van der Waals surface area contributed by atoms with Gasteiger partial charge < -0.3 is 8.83 Å². The molecule has 68 valence electrons. The second-order valence-electron chi connectivity index (χ2n) is 3.05. The van der Waals surface area contributed by atoms with E-state index in [-0.39, 0.29) is 4.90 Å². The number of hydrogen-bond acceptors (Lipinski definition) is 3. The highest BCUT2D eigenvalue weighted by atomic mass is 32.1. The second kappa shape index (κ2) is 3.00. The maximum absolute atomic E-state index is 5.25. The van der Waals surface area contributed by atoms with Gasteiger partial charge in [0.1, 0.15) is 0 Å². The van der Waals surface area contributed by atoms with Crippen LogP contribution in [0.2, 0.25) is 0 Å². The van der Waals surface area contributed by atoms with Gasteiger partial charge in [0.05, 0.1) is 0 Å². The van der Waals surface area contributed by atoms with Gasteiger partial charge in [-0.1, -0.05) is 13.0 Å². The lowest BCUT2D eigenvalue weighted by Gasteiger charge is -1.97. The first kappa shape index (κ1) is 8.51. The van der Waals surface area contributed by atoms with Crippen LogP contribution in [0.1, 0.15) is 18.1 Å². The van der Waals surface area contributed by atoms with Crippen LogP contribution in [0.15, 0.2) is 21.0 Å². The van der Waals surface area contributed by atoms with Crippen molar-refractivity contribution in [3.63, 3.8) is 0 Å². The molecular formula is C10H10O2S. The molecule has 0 saturated carbocycles. The molecule has 0 aliphatic carbocycles. The Morgan fingerprint density at radius 3 is 2.77 bits per heavy atom. The Kier molecular flexibility index (Phi) is 1.96. The summed E-state index contributed by atoms with van der Waals surface area (Å²) in [7, 11) is 0. The molecule has 2 rings (SSSR count). The molecule has 2 nitrogen and oxygen atoms in total. The normalized spacial score (nSPS) is 10.9. The summed E-state index contributed by atoms with van der Waals surface area (Å²) in [4.78, 5) is 0.200. The van der Waals surface area contributed by atoms with E-state index in [1.165, 1.54) is 5.56 Å². The lowest BCUT2D eigenvalue weighted by molar-refractivity contribution is 0.443.